The van der Waals surface area contributed by atoms with Crippen LogP contribution in [0.4, 0.5) is 0 Å². The first kappa shape index (κ1) is 11.9. The lowest BCUT2D eigenvalue weighted by Gasteiger charge is -2.23. The van der Waals surface area contributed by atoms with Crippen molar-refractivity contribution in [1.29, 1.82) is 0 Å². The molecule has 94 valence electrons. The minimum Gasteiger partial charge on any atom is -0.316 e. The Kier molecular flexibility index (Phi) is 3.43. The molecule has 0 aliphatic heterocycles. The van der Waals surface area contributed by atoms with E-state index in [1.807, 2.05) is 11.7 Å². The highest BCUT2D eigenvalue weighted by Gasteiger charge is 2.28. The molecule has 1 aliphatic rings. The molecule has 0 radical (unpaired) electrons. The van der Waals surface area contributed by atoms with E-state index in [0.29, 0.717) is 12.0 Å². The number of hydrogen-bond donors (Lipinski definition) is 1. The maximum Gasteiger partial charge on any atom is 0.0794 e. The van der Waals surface area contributed by atoms with Crippen molar-refractivity contribution in [1.82, 2.24) is 10.3 Å². The number of aryl methyl sites for hydroxylation is 1. The molecule has 0 spiro atoms. The highest BCUT2D eigenvalue weighted by atomic mass is 32.1. The predicted octanol–water partition coefficient (Wildman–Crippen LogP) is 3.00. The van der Waals surface area contributed by atoms with Crippen molar-refractivity contribution < 1.29 is 0 Å². The molecule has 3 heteroatoms. The van der Waals surface area contributed by atoms with Gasteiger partial charge in [-0.15, -0.1) is 11.3 Å². The summed E-state index contributed by atoms with van der Waals surface area (Å²) in [5.41, 5.74) is 5.00. The Morgan fingerprint density at radius 1 is 1.44 bits per heavy atom. The molecule has 0 amide bonds. The fourth-order valence-corrected chi connectivity index (χ4v) is 3.67. The molecule has 3 rings (SSSR count). The van der Waals surface area contributed by atoms with Crippen LogP contribution in [0.25, 0.3) is 0 Å². The summed E-state index contributed by atoms with van der Waals surface area (Å²) in [6, 6.07) is 9.41. The zero-order chi connectivity index (χ0) is 12.4. The Labute approximate surface area is 112 Å². The van der Waals surface area contributed by atoms with Gasteiger partial charge in [0.1, 0.15) is 0 Å². The van der Waals surface area contributed by atoms with Gasteiger partial charge in [-0.2, -0.15) is 0 Å². The molecule has 1 N–H and O–H groups in total. The summed E-state index contributed by atoms with van der Waals surface area (Å²) in [4.78, 5) is 5.55. The van der Waals surface area contributed by atoms with Gasteiger partial charge >= 0.3 is 0 Å². The van der Waals surface area contributed by atoms with Gasteiger partial charge in [0.05, 0.1) is 5.51 Å². The molecule has 1 heterocycles. The molecule has 0 bridgehead atoms. The van der Waals surface area contributed by atoms with Gasteiger partial charge in [-0.05, 0) is 37.4 Å². The second-order valence-electron chi connectivity index (χ2n) is 4.91. The van der Waals surface area contributed by atoms with Crippen LogP contribution < -0.4 is 5.32 Å². The van der Waals surface area contributed by atoms with Gasteiger partial charge in [0.25, 0.3) is 0 Å². The first-order chi connectivity index (χ1) is 8.88. The van der Waals surface area contributed by atoms with Crippen molar-refractivity contribution in [2.24, 2.45) is 0 Å². The molecule has 1 aromatic carbocycles. The zero-order valence-corrected chi connectivity index (χ0v) is 11.4. The maximum absolute atomic E-state index is 4.17. The standard InChI is InChI=1S/C15H18N2S/c1-16-15(8-12-9-17-10-18-12)14-7-6-11-4-2-3-5-13(11)14/h2-5,9-10,14-16H,6-8H2,1H3. The Hall–Kier alpha value is -1.19. The van der Waals surface area contributed by atoms with Crippen molar-refractivity contribution in [2.75, 3.05) is 7.05 Å². The summed E-state index contributed by atoms with van der Waals surface area (Å²) in [6.45, 7) is 0. The Morgan fingerprint density at radius 2 is 2.33 bits per heavy atom. The highest BCUT2D eigenvalue weighted by Crippen LogP contribution is 2.36. The lowest BCUT2D eigenvalue weighted by Crippen LogP contribution is -2.33. The number of nitrogens with one attached hydrogen (secondary N) is 1. The first-order valence-corrected chi connectivity index (χ1v) is 7.39. The summed E-state index contributed by atoms with van der Waals surface area (Å²) in [5.74, 6) is 0.647. The minimum absolute atomic E-state index is 0.522. The summed E-state index contributed by atoms with van der Waals surface area (Å²) >= 11 is 1.76. The number of fused-ring (bicyclic) bond motifs is 1. The van der Waals surface area contributed by atoms with E-state index >= 15 is 0 Å². The summed E-state index contributed by atoms with van der Waals surface area (Å²) < 4.78 is 0. The second-order valence-corrected chi connectivity index (χ2v) is 5.88. The van der Waals surface area contributed by atoms with Crippen LogP contribution in [-0.4, -0.2) is 18.1 Å². The average Bonchev–Trinajstić information content (AvgIpc) is 3.05. The van der Waals surface area contributed by atoms with Gasteiger partial charge < -0.3 is 5.32 Å². The number of benzene rings is 1. The van der Waals surface area contributed by atoms with Crippen molar-refractivity contribution >= 4 is 11.3 Å². The monoisotopic (exact) mass is 258 g/mol. The van der Waals surface area contributed by atoms with Gasteiger partial charge in [-0.25, -0.2) is 0 Å². The van der Waals surface area contributed by atoms with Crippen LogP contribution in [-0.2, 0) is 12.8 Å². The van der Waals surface area contributed by atoms with Crippen LogP contribution in [0.3, 0.4) is 0 Å². The van der Waals surface area contributed by atoms with Gasteiger partial charge in [0.2, 0.25) is 0 Å². The Bertz CT molecular complexity index is 507. The van der Waals surface area contributed by atoms with Gasteiger partial charge in [-0.1, -0.05) is 24.3 Å². The van der Waals surface area contributed by atoms with Crippen LogP contribution in [0.1, 0.15) is 28.3 Å². The number of rotatable bonds is 4. The van der Waals surface area contributed by atoms with E-state index in [2.05, 4.69) is 41.6 Å². The van der Waals surface area contributed by atoms with E-state index in [1.165, 1.54) is 23.3 Å². The number of thiazole rings is 1. The first-order valence-electron chi connectivity index (χ1n) is 6.51. The van der Waals surface area contributed by atoms with Crippen molar-refractivity contribution in [3.05, 3.63) is 52.0 Å². The molecule has 0 saturated carbocycles. The van der Waals surface area contributed by atoms with E-state index in [9.17, 15) is 0 Å². The summed E-state index contributed by atoms with van der Waals surface area (Å²) in [5, 5.41) is 3.50. The van der Waals surface area contributed by atoms with E-state index in [4.69, 9.17) is 0 Å². The molecular formula is C15H18N2S. The summed E-state index contributed by atoms with van der Waals surface area (Å²) in [6.07, 6.45) is 5.57. The smallest absolute Gasteiger partial charge is 0.0794 e. The van der Waals surface area contributed by atoms with E-state index < -0.39 is 0 Å². The molecule has 2 atom stereocenters. The Morgan fingerprint density at radius 3 is 3.11 bits per heavy atom. The molecule has 2 aromatic rings. The van der Waals surface area contributed by atoms with Crippen molar-refractivity contribution in [3.63, 3.8) is 0 Å². The maximum atomic E-state index is 4.17. The van der Waals surface area contributed by atoms with Gasteiger partial charge in [-0.3, -0.25) is 4.98 Å². The van der Waals surface area contributed by atoms with Gasteiger partial charge in [0.15, 0.2) is 0 Å². The average molecular weight is 258 g/mol. The fourth-order valence-electron chi connectivity index (χ4n) is 3.01. The van der Waals surface area contributed by atoms with Crippen LogP contribution in [0.5, 0.6) is 0 Å². The topological polar surface area (TPSA) is 24.9 Å². The molecule has 0 saturated heterocycles. The molecular weight excluding hydrogens is 240 g/mol. The zero-order valence-electron chi connectivity index (χ0n) is 10.6. The van der Waals surface area contributed by atoms with Crippen LogP contribution in [0.15, 0.2) is 36.0 Å². The SMILES string of the molecule is CNC(Cc1cncs1)C1CCc2ccccc21. The summed E-state index contributed by atoms with van der Waals surface area (Å²) in [7, 11) is 2.08. The van der Waals surface area contributed by atoms with Crippen molar-refractivity contribution in [2.45, 2.75) is 31.2 Å². The predicted molar refractivity (Wildman–Crippen MR) is 76.2 cm³/mol. The van der Waals surface area contributed by atoms with E-state index in [0.717, 1.165) is 6.42 Å². The molecule has 0 fully saturated rings. The van der Waals surface area contributed by atoms with Gasteiger partial charge in [0, 0.05) is 23.0 Å². The molecule has 2 unspecified atom stereocenters. The Balaban J connectivity index is 1.81. The fraction of sp³-hybridized carbons (Fsp3) is 0.400. The van der Waals surface area contributed by atoms with Crippen LogP contribution in [0, 0.1) is 0 Å². The molecule has 1 aromatic heterocycles. The third-order valence-corrected chi connectivity index (χ3v) is 4.74. The molecule has 1 aliphatic carbocycles. The molecule has 18 heavy (non-hydrogen) atoms. The van der Waals surface area contributed by atoms with Crippen LogP contribution >= 0.6 is 11.3 Å². The highest BCUT2D eigenvalue weighted by molar-refractivity contribution is 7.09. The number of aromatic nitrogens is 1. The minimum atomic E-state index is 0.522. The number of hydrogen-bond acceptors (Lipinski definition) is 3. The number of likely N-dealkylation sites (N-methyl/N-ethyl adjacent to an activating group) is 1. The normalized spacial score (nSPS) is 19.7. The van der Waals surface area contributed by atoms with Crippen molar-refractivity contribution in [3.8, 4) is 0 Å². The third-order valence-electron chi connectivity index (χ3n) is 3.94. The lowest BCUT2D eigenvalue weighted by molar-refractivity contribution is 0.458. The number of nitrogens with zero attached hydrogens (tertiary/aromatic N) is 1. The third kappa shape index (κ3) is 2.20. The van der Waals surface area contributed by atoms with E-state index in [-0.39, 0.29) is 0 Å². The van der Waals surface area contributed by atoms with Crippen LogP contribution in [0.2, 0.25) is 0 Å². The second kappa shape index (κ2) is 5.21. The lowest BCUT2D eigenvalue weighted by atomic mass is 9.91. The molecule has 2 nitrogen and oxygen atoms in total. The van der Waals surface area contributed by atoms with E-state index in [1.54, 1.807) is 16.9 Å². The quantitative estimate of drug-likeness (QED) is 0.912. The largest absolute Gasteiger partial charge is 0.316 e.